The second-order valence-corrected chi connectivity index (χ2v) is 5.38. The number of carboxylic acid groups (broad SMARTS) is 3. The quantitative estimate of drug-likeness (QED) is 0.513. The van der Waals surface area contributed by atoms with Gasteiger partial charge in [0.05, 0.1) is 17.9 Å². The number of carbonyl (C=O) groups excluding carboxylic acids is 3. The van der Waals surface area contributed by atoms with Gasteiger partial charge in [0, 0.05) is 0 Å². The van der Waals surface area contributed by atoms with E-state index in [0.717, 1.165) is 72.8 Å². The smallest absolute Gasteiger partial charge is 0.545 e. The maximum atomic E-state index is 12.1. The molecule has 6 nitrogen and oxygen atoms in total. The molecule has 3 aromatic carbocycles. The molecule has 0 unspecified atom stereocenters. The van der Waals surface area contributed by atoms with Gasteiger partial charge in [0.1, 0.15) is 17.5 Å². The summed E-state index contributed by atoms with van der Waals surface area (Å²) in [6.07, 6.45) is 0. The molecule has 0 saturated heterocycles. The van der Waals surface area contributed by atoms with Crippen molar-refractivity contribution in [3.63, 3.8) is 0 Å². The fourth-order valence-corrected chi connectivity index (χ4v) is 1.76. The predicted octanol–water partition coefficient (Wildman–Crippen LogP) is 0.565. The van der Waals surface area contributed by atoms with E-state index in [1.54, 1.807) is 0 Å². The molecule has 0 fully saturated rings. The number of aromatic carboxylic acids is 3. The zero-order chi connectivity index (χ0) is 22.7. The molecule has 0 bridgehead atoms. The van der Waals surface area contributed by atoms with Crippen molar-refractivity contribution in [1.29, 1.82) is 0 Å². The van der Waals surface area contributed by atoms with Crippen molar-refractivity contribution in [1.82, 2.24) is 0 Å². The van der Waals surface area contributed by atoms with Crippen LogP contribution in [0.4, 0.5) is 13.2 Å². The SMILES string of the molecule is O=C([O-])c1ccc(F)cc1.O=C([O-])c1ccc(F)cc1.O=C([O-])c1ccc(F)cc1.[Y+3]. The molecule has 0 aliphatic rings. The predicted molar refractivity (Wildman–Crippen MR) is 92.2 cm³/mol. The summed E-state index contributed by atoms with van der Waals surface area (Å²) in [5, 5.41) is 30.2. The molecule has 0 N–H and O–H groups in total. The van der Waals surface area contributed by atoms with Crippen molar-refractivity contribution in [2.24, 2.45) is 0 Å². The van der Waals surface area contributed by atoms with Crippen molar-refractivity contribution < 1.29 is 75.6 Å². The number of halogens is 3. The van der Waals surface area contributed by atoms with E-state index >= 15 is 0 Å². The van der Waals surface area contributed by atoms with Crippen molar-refractivity contribution in [3.8, 4) is 0 Å². The van der Waals surface area contributed by atoms with Crippen LogP contribution < -0.4 is 15.3 Å². The summed E-state index contributed by atoms with van der Waals surface area (Å²) in [5.41, 5.74) is -0.0378. The van der Waals surface area contributed by atoms with E-state index in [0.29, 0.717) is 0 Å². The van der Waals surface area contributed by atoms with Crippen molar-refractivity contribution in [3.05, 3.63) is 107 Å². The molecule has 156 valence electrons. The summed E-state index contributed by atoms with van der Waals surface area (Å²) in [4.78, 5) is 30.2. The number of benzene rings is 3. The molecule has 0 radical (unpaired) electrons. The van der Waals surface area contributed by atoms with Crippen LogP contribution in [0.3, 0.4) is 0 Å². The first kappa shape index (κ1) is 28.0. The minimum absolute atomic E-state index is 0. The van der Waals surface area contributed by atoms with Gasteiger partial charge >= 0.3 is 32.7 Å². The Morgan fingerprint density at radius 3 is 0.742 bits per heavy atom. The summed E-state index contributed by atoms with van der Waals surface area (Å²) < 4.78 is 36.4. The summed E-state index contributed by atoms with van der Waals surface area (Å²) >= 11 is 0. The number of hydrogen-bond acceptors (Lipinski definition) is 6. The van der Waals surface area contributed by atoms with Crippen LogP contribution in [0, 0.1) is 17.5 Å². The van der Waals surface area contributed by atoms with E-state index in [-0.39, 0.29) is 49.4 Å². The Morgan fingerprint density at radius 1 is 0.452 bits per heavy atom. The molecule has 3 aromatic rings. The molecule has 0 spiro atoms. The van der Waals surface area contributed by atoms with E-state index in [9.17, 15) is 42.9 Å². The van der Waals surface area contributed by atoms with E-state index < -0.39 is 35.4 Å². The molecule has 0 amide bonds. The van der Waals surface area contributed by atoms with Gasteiger partial charge in [-0.25, -0.2) is 13.2 Å². The first-order valence-electron chi connectivity index (χ1n) is 8.01. The van der Waals surface area contributed by atoms with E-state index in [1.165, 1.54) is 0 Å². The molecule has 0 aliphatic carbocycles. The summed E-state index contributed by atoms with van der Waals surface area (Å²) in [6.45, 7) is 0. The standard InChI is InChI=1S/3C7H5FO2.Y/c3*8-6-3-1-5(2-4-6)7(9)10;/h3*1-4H,(H,9,10);/q;;;+3/p-3. The van der Waals surface area contributed by atoms with E-state index in [2.05, 4.69) is 0 Å². The van der Waals surface area contributed by atoms with Gasteiger partial charge in [-0.15, -0.1) is 0 Å². The van der Waals surface area contributed by atoms with Crippen LogP contribution in [0.1, 0.15) is 31.1 Å². The Bertz CT molecular complexity index is 859. The van der Waals surface area contributed by atoms with Crippen LogP contribution >= 0.6 is 0 Å². The molecule has 3 rings (SSSR count). The van der Waals surface area contributed by atoms with E-state index in [4.69, 9.17) is 0 Å². The molecular weight excluding hydrogens is 494 g/mol. The van der Waals surface area contributed by atoms with Crippen molar-refractivity contribution in [2.45, 2.75) is 0 Å². The van der Waals surface area contributed by atoms with Gasteiger partial charge in [-0.2, -0.15) is 0 Å². The number of carbonyl (C=O) groups is 3. The number of hydrogen-bond donors (Lipinski definition) is 0. The van der Waals surface area contributed by atoms with Crippen LogP contribution in [0.5, 0.6) is 0 Å². The largest absolute Gasteiger partial charge is 3.00 e. The third-order valence-electron chi connectivity index (χ3n) is 3.24. The average Bonchev–Trinajstić information content (AvgIpc) is 2.70. The Hall–Kier alpha value is -3.04. The van der Waals surface area contributed by atoms with Crippen molar-refractivity contribution in [2.75, 3.05) is 0 Å². The third kappa shape index (κ3) is 11.1. The van der Waals surface area contributed by atoms with Crippen LogP contribution in [0.25, 0.3) is 0 Å². The minimum Gasteiger partial charge on any atom is -0.545 e. The van der Waals surface area contributed by atoms with E-state index in [1.807, 2.05) is 0 Å². The first-order chi connectivity index (χ1) is 14.1. The van der Waals surface area contributed by atoms with Crippen LogP contribution in [-0.2, 0) is 32.7 Å². The second-order valence-electron chi connectivity index (χ2n) is 5.38. The Labute approximate surface area is 199 Å². The summed E-state index contributed by atoms with van der Waals surface area (Å²) in [7, 11) is 0. The van der Waals surface area contributed by atoms with Gasteiger partial charge in [-0.3, -0.25) is 0 Å². The minimum atomic E-state index is -1.29. The molecule has 0 heterocycles. The fourth-order valence-electron chi connectivity index (χ4n) is 1.76. The molecule has 0 saturated carbocycles. The Kier molecular flexibility index (Phi) is 12.7. The van der Waals surface area contributed by atoms with Gasteiger partial charge < -0.3 is 29.7 Å². The normalized spacial score (nSPS) is 9.00. The van der Waals surface area contributed by atoms with Gasteiger partial charge in [0.25, 0.3) is 0 Å². The van der Waals surface area contributed by atoms with Gasteiger partial charge in [-0.1, -0.05) is 36.4 Å². The average molecular weight is 506 g/mol. The Morgan fingerprint density at radius 2 is 0.613 bits per heavy atom. The zero-order valence-corrected chi connectivity index (χ0v) is 18.4. The molecular formula is C21H12F3O6Y. The molecule has 31 heavy (non-hydrogen) atoms. The maximum absolute atomic E-state index is 12.1. The molecule has 0 atom stereocenters. The van der Waals surface area contributed by atoms with Crippen LogP contribution in [0.2, 0.25) is 0 Å². The third-order valence-corrected chi connectivity index (χ3v) is 3.24. The molecule has 0 aliphatic heterocycles. The number of rotatable bonds is 3. The first-order valence-corrected chi connectivity index (χ1v) is 8.01. The van der Waals surface area contributed by atoms with Gasteiger partial charge in [-0.05, 0) is 53.1 Å². The second kappa shape index (κ2) is 14.1. The monoisotopic (exact) mass is 506 g/mol. The number of carboxylic acids is 3. The van der Waals surface area contributed by atoms with Crippen LogP contribution in [-0.4, -0.2) is 17.9 Å². The maximum Gasteiger partial charge on any atom is 3.00 e. The van der Waals surface area contributed by atoms with Crippen molar-refractivity contribution >= 4 is 17.9 Å². The van der Waals surface area contributed by atoms with Crippen LogP contribution in [0.15, 0.2) is 72.8 Å². The fraction of sp³-hybridized carbons (Fsp3) is 0. The topological polar surface area (TPSA) is 120 Å². The zero-order valence-electron chi connectivity index (χ0n) is 15.6. The summed E-state index contributed by atoms with van der Waals surface area (Å²) in [6, 6.07) is 13.4. The van der Waals surface area contributed by atoms with Gasteiger partial charge in [0.15, 0.2) is 0 Å². The molecule has 0 aromatic heterocycles. The molecule has 10 heteroatoms. The summed E-state index contributed by atoms with van der Waals surface area (Å²) in [5.74, 6) is -5.24. The van der Waals surface area contributed by atoms with Gasteiger partial charge in [0.2, 0.25) is 0 Å². The Balaban J connectivity index is 0.000000429.